The predicted octanol–water partition coefficient (Wildman–Crippen LogP) is 5.65. The molecule has 0 bridgehead atoms. The minimum atomic E-state index is -0.431. The van der Waals surface area contributed by atoms with Gasteiger partial charge in [0.15, 0.2) is 11.6 Å². The fourth-order valence-corrected chi connectivity index (χ4v) is 6.77. The lowest BCUT2D eigenvalue weighted by atomic mass is 9.55. The van der Waals surface area contributed by atoms with E-state index < -0.39 is 5.79 Å². The molecule has 166 valence electrons. The Morgan fingerprint density at radius 3 is 2.66 bits per heavy atom. The van der Waals surface area contributed by atoms with E-state index in [9.17, 15) is 0 Å². The van der Waals surface area contributed by atoms with E-state index in [1.807, 2.05) is 25.1 Å². The first kappa shape index (κ1) is 20.5. The van der Waals surface area contributed by atoms with Crippen LogP contribution in [0.4, 0.5) is 0 Å². The monoisotopic (exact) mass is 449 g/mol. The van der Waals surface area contributed by atoms with Crippen molar-refractivity contribution >= 4 is 22.5 Å². The minimum absolute atomic E-state index is 0.0766. The van der Waals surface area contributed by atoms with Crippen LogP contribution in [0.3, 0.4) is 0 Å². The first-order valence-corrected chi connectivity index (χ1v) is 12.0. The first-order chi connectivity index (χ1) is 15.4. The molecule has 0 N–H and O–H groups in total. The number of aryl methyl sites for hydroxylation is 1. The summed E-state index contributed by atoms with van der Waals surface area (Å²) in [5, 5.41) is 1.64. The van der Waals surface area contributed by atoms with E-state index in [2.05, 4.69) is 31.0 Å². The Balaban J connectivity index is 1.50. The average molecular weight is 450 g/mol. The van der Waals surface area contributed by atoms with E-state index in [1.165, 1.54) is 0 Å². The number of rotatable bonds is 1. The van der Waals surface area contributed by atoms with Crippen LogP contribution in [-0.4, -0.2) is 34.0 Å². The predicted molar refractivity (Wildman–Crippen MR) is 125 cm³/mol. The highest BCUT2D eigenvalue weighted by Crippen LogP contribution is 2.57. The highest BCUT2D eigenvalue weighted by atomic mass is 35.5. The molecule has 3 aromatic rings. The number of hydrogen-bond donors (Lipinski definition) is 0. The van der Waals surface area contributed by atoms with Crippen molar-refractivity contribution in [2.45, 2.75) is 57.7 Å². The Kier molecular flexibility index (Phi) is 4.62. The van der Waals surface area contributed by atoms with Crippen LogP contribution in [0.5, 0.6) is 0 Å². The number of ether oxygens (including phenoxy) is 2. The summed E-state index contributed by atoms with van der Waals surface area (Å²) >= 11 is 6.82. The number of para-hydroxylation sites is 1. The van der Waals surface area contributed by atoms with E-state index in [4.69, 9.17) is 31.0 Å². The van der Waals surface area contributed by atoms with Crippen LogP contribution >= 0.6 is 11.6 Å². The standard InChI is InChI=1S/C26H28ClN3O2/c1-15-14-19(17-6-4-5-7-21(17)28-15)24-29-22-18(23(27)30-24)8-9-20-16(2)26(31-12-13-32-26)11-10-25(20,22)3/h4-7,14,16,20H,8-13H2,1-3H3/t16-,20-,25-/m1/s1. The van der Waals surface area contributed by atoms with Crippen LogP contribution in [0, 0.1) is 18.8 Å². The van der Waals surface area contributed by atoms with Crippen LogP contribution < -0.4 is 0 Å². The Bertz CT molecular complexity index is 1220. The topological polar surface area (TPSA) is 57.1 Å². The molecule has 1 saturated heterocycles. The molecule has 1 aliphatic heterocycles. The van der Waals surface area contributed by atoms with Crippen molar-refractivity contribution in [3.05, 3.63) is 52.4 Å². The third-order valence-corrected chi connectivity index (χ3v) is 8.49. The van der Waals surface area contributed by atoms with Gasteiger partial charge in [0.1, 0.15) is 5.15 Å². The molecule has 1 saturated carbocycles. The van der Waals surface area contributed by atoms with E-state index in [-0.39, 0.29) is 5.41 Å². The zero-order valence-electron chi connectivity index (χ0n) is 18.8. The number of nitrogens with zero attached hydrogens (tertiary/aromatic N) is 3. The van der Waals surface area contributed by atoms with Crippen molar-refractivity contribution in [3.63, 3.8) is 0 Å². The number of hydrogen-bond acceptors (Lipinski definition) is 5. The Morgan fingerprint density at radius 1 is 1.06 bits per heavy atom. The fraction of sp³-hybridized carbons (Fsp3) is 0.500. The maximum Gasteiger partial charge on any atom is 0.171 e. The van der Waals surface area contributed by atoms with Gasteiger partial charge in [-0.15, -0.1) is 0 Å². The fourth-order valence-electron chi connectivity index (χ4n) is 6.51. The number of aromatic nitrogens is 3. The number of benzene rings is 1. The van der Waals surface area contributed by atoms with Crippen molar-refractivity contribution in [1.82, 2.24) is 15.0 Å². The van der Waals surface area contributed by atoms with E-state index in [0.717, 1.165) is 59.1 Å². The van der Waals surface area contributed by atoms with Gasteiger partial charge in [0.2, 0.25) is 0 Å². The summed E-state index contributed by atoms with van der Waals surface area (Å²) < 4.78 is 12.3. The van der Waals surface area contributed by atoms with E-state index in [0.29, 0.717) is 36.0 Å². The molecule has 2 aromatic heterocycles. The summed E-state index contributed by atoms with van der Waals surface area (Å²) in [6.07, 6.45) is 3.80. The maximum atomic E-state index is 6.82. The third-order valence-electron chi connectivity index (χ3n) is 8.17. The normalized spacial score (nSPS) is 28.6. The van der Waals surface area contributed by atoms with Gasteiger partial charge in [0.25, 0.3) is 0 Å². The molecule has 6 rings (SSSR count). The molecule has 5 nitrogen and oxygen atoms in total. The van der Waals surface area contributed by atoms with Crippen molar-refractivity contribution in [2.24, 2.45) is 11.8 Å². The largest absolute Gasteiger partial charge is 0.347 e. The van der Waals surface area contributed by atoms with Crippen molar-refractivity contribution < 1.29 is 9.47 Å². The minimum Gasteiger partial charge on any atom is -0.347 e. The molecule has 6 heteroatoms. The second-order valence-corrected chi connectivity index (χ2v) is 10.2. The van der Waals surface area contributed by atoms with Gasteiger partial charge < -0.3 is 9.47 Å². The highest BCUT2D eigenvalue weighted by molar-refractivity contribution is 6.30. The summed E-state index contributed by atoms with van der Waals surface area (Å²) in [5.74, 6) is 0.994. The lowest BCUT2D eigenvalue weighted by Crippen LogP contribution is -2.55. The van der Waals surface area contributed by atoms with Crippen LogP contribution in [-0.2, 0) is 21.3 Å². The summed E-state index contributed by atoms with van der Waals surface area (Å²) in [7, 11) is 0. The Labute approximate surface area is 193 Å². The highest BCUT2D eigenvalue weighted by Gasteiger charge is 2.57. The second-order valence-electron chi connectivity index (χ2n) is 9.85. The van der Waals surface area contributed by atoms with Gasteiger partial charge in [-0.1, -0.05) is 43.6 Å². The van der Waals surface area contributed by atoms with Gasteiger partial charge in [0.05, 0.1) is 24.4 Å². The van der Waals surface area contributed by atoms with Gasteiger partial charge in [-0.25, -0.2) is 9.97 Å². The summed E-state index contributed by atoms with van der Waals surface area (Å²) in [5.41, 5.74) is 5.04. The van der Waals surface area contributed by atoms with Crippen LogP contribution in [0.25, 0.3) is 22.3 Å². The zero-order valence-corrected chi connectivity index (χ0v) is 19.6. The van der Waals surface area contributed by atoms with Gasteiger partial charge in [0, 0.05) is 40.0 Å². The Hall–Kier alpha value is -2.08. The molecule has 3 atom stereocenters. The van der Waals surface area contributed by atoms with Gasteiger partial charge >= 0.3 is 0 Å². The third kappa shape index (κ3) is 2.87. The van der Waals surface area contributed by atoms with Crippen molar-refractivity contribution in [3.8, 4) is 11.4 Å². The maximum absolute atomic E-state index is 6.82. The molecule has 2 fully saturated rings. The lowest BCUT2D eigenvalue weighted by Gasteiger charge is -2.54. The Morgan fingerprint density at radius 2 is 1.84 bits per heavy atom. The van der Waals surface area contributed by atoms with Crippen LogP contribution in [0.2, 0.25) is 5.15 Å². The lowest BCUT2D eigenvalue weighted by molar-refractivity contribution is -0.234. The molecule has 3 heterocycles. The summed E-state index contributed by atoms with van der Waals surface area (Å²) in [4.78, 5) is 14.7. The average Bonchev–Trinajstić information content (AvgIpc) is 3.26. The molecule has 0 radical (unpaired) electrons. The molecule has 0 amide bonds. The number of halogens is 1. The first-order valence-electron chi connectivity index (χ1n) is 11.6. The molecule has 32 heavy (non-hydrogen) atoms. The molecule has 3 aliphatic rings. The van der Waals surface area contributed by atoms with Gasteiger partial charge in [-0.2, -0.15) is 0 Å². The second kappa shape index (κ2) is 7.21. The van der Waals surface area contributed by atoms with Crippen LogP contribution in [0.15, 0.2) is 30.3 Å². The quantitative estimate of drug-likeness (QED) is 0.449. The zero-order chi connectivity index (χ0) is 22.1. The smallest absolute Gasteiger partial charge is 0.171 e. The van der Waals surface area contributed by atoms with Crippen molar-refractivity contribution in [1.29, 1.82) is 0 Å². The molecular weight excluding hydrogens is 422 g/mol. The molecule has 1 spiro atoms. The molecule has 0 unspecified atom stereocenters. The van der Waals surface area contributed by atoms with E-state index in [1.54, 1.807) is 0 Å². The van der Waals surface area contributed by atoms with Crippen LogP contribution in [0.1, 0.15) is 50.1 Å². The van der Waals surface area contributed by atoms with Crippen molar-refractivity contribution in [2.75, 3.05) is 13.2 Å². The van der Waals surface area contributed by atoms with Gasteiger partial charge in [-0.3, -0.25) is 4.98 Å². The number of fused-ring (bicyclic) bond motifs is 4. The molecule has 1 aromatic carbocycles. The SMILES string of the molecule is Cc1cc(-c2nc(Cl)c3c(n2)[C@]2(C)CCC4(OCCO4)[C@H](C)[C@H]2CC3)c2ccccc2n1. The molecule has 2 aliphatic carbocycles. The van der Waals surface area contributed by atoms with E-state index >= 15 is 0 Å². The summed E-state index contributed by atoms with van der Waals surface area (Å²) in [6.45, 7) is 8.05. The summed E-state index contributed by atoms with van der Waals surface area (Å²) in [6, 6.07) is 10.2. The molecular formula is C26H28ClN3O2. The number of pyridine rings is 1. The van der Waals surface area contributed by atoms with Gasteiger partial charge in [-0.05, 0) is 44.2 Å².